The molecule has 0 aromatic heterocycles. The number of benzene rings is 2. The predicted octanol–water partition coefficient (Wildman–Crippen LogP) is 4.58. The number of urea groups is 1. The van der Waals surface area contributed by atoms with E-state index in [2.05, 4.69) is 43.5 Å². The van der Waals surface area contributed by atoms with Crippen LogP contribution >= 0.6 is 11.6 Å². The Kier molecular flexibility index (Phi) is 5.52. The van der Waals surface area contributed by atoms with Crippen molar-refractivity contribution in [3.8, 4) is 0 Å². The lowest BCUT2D eigenvalue weighted by Gasteiger charge is -2.37. The highest BCUT2D eigenvalue weighted by atomic mass is 35.5. The zero-order valence-corrected chi connectivity index (χ0v) is 18.8. The summed E-state index contributed by atoms with van der Waals surface area (Å²) in [7, 11) is 0. The molecule has 0 atom stereocenters. The molecule has 0 saturated carbocycles. The highest BCUT2D eigenvalue weighted by molar-refractivity contribution is 6.46. The van der Waals surface area contributed by atoms with E-state index in [4.69, 9.17) is 16.6 Å². The first kappa shape index (κ1) is 21.4. The second-order valence-electron chi connectivity index (χ2n) is 9.20. The van der Waals surface area contributed by atoms with Crippen molar-refractivity contribution >= 4 is 34.9 Å². The molecule has 2 N–H and O–H groups in total. The summed E-state index contributed by atoms with van der Waals surface area (Å²) in [5.74, 6) is -0.150. The largest absolute Gasteiger partial charge is 0.326 e. The van der Waals surface area contributed by atoms with Crippen molar-refractivity contribution in [3.63, 3.8) is 0 Å². The summed E-state index contributed by atoms with van der Waals surface area (Å²) in [6, 6.07) is 14.9. The smallest absolute Gasteiger partial charge is 0.321 e. The van der Waals surface area contributed by atoms with Crippen LogP contribution in [0.3, 0.4) is 0 Å². The molecule has 162 valence electrons. The van der Waals surface area contributed by atoms with Crippen molar-refractivity contribution in [1.29, 1.82) is 0 Å². The SMILES string of the molecule is CC(C)(C)c1ccc(C2=NC3(CCN(C(=O)Nc4ccc(Cl)cc4)CC3)NC2=O)cc1. The Morgan fingerprint density at radius 3 is 2.26 bits per heavy atom. The quantitative estimate of drug-likeness (QED) is 0.720. The lowest BCUT2D eigenvalue weighted by Crippen LogP contribution is -2.53. The topological polar surface area (TPSA) is 73.8 Å². The third kappa shape index (κ3) is 4.59. The van der Waals surface area contributed by atoms with Gasteiger partial charge in [0.15, 0.2) is 0 Å². The first-order chi connectivity index (χ1) is 14.7. The Morgan fingerprint density at radius 1 is 1.06 bits per heavy atom. The van der Waals surface area contributed by atoms with E-state index < -0.39 is 5.66 Å². The maximum atomic E-state index is 12.7. The summed E-state index contributed by atoms with van der Waals surface area (Å²) in [6.07, 6.45) is 1.16. The number of carbonyl (C=O) groups is 2. The van der Waals surface area contributed by atoms with Crippen LogP contribution in [0.2, 0.25) is 5.02 Å². The lowest BCUT2D eigenvalue weighted by atomic mass is 9.86. The molecule has 1 spiro atoms. The second kappa shape index (κ2) is 8.00. The molecule has 2 aliphatic rings. The van der Waals surface area contributed by atoms with E-state index in [1.807, 2.05) is 12.1 Å². The Balaban J connectivity index is 1.42. The summed E-state index contributed by atoms with van der Waals surface area (Å²) in [6.45, 7) is 7.51. The van der Waals surface area contributed by atoms with E-state index in [-0.39, 0.29) is 17.4 Å². The molecule has 0 unspecified atom stereocenters. The number of aliphatic imine (C=N–C) groups is 1. The van der Waals surface area contributed by atoms with E-state index in [0.717, 1.165) is 5.56 Å². The molecule has 2 aliphatic heterocycles. The van der Waals surface area contributed by atoms with Crippen LogP contribution in [0, 0.1) is 0 Å². The van der Waals surface area contributed by atoms with E-state index in [9.17, 15) is 9.59 Å². The minimum atomic E-state index is -0.633. The van der Waals surface area contributed by atoms with Crippen LogP contribution < -0.4 is 10.6 Å². The Labute approximate surface area is 187 Å². The molecule has 1 saturated heterocycles. The number of nitrogens with one attached hydrogen (secondary N) is 2. The van der Waals surface area contributed by atoms with E-state index in [1.165, 1.54) is 5.56 Å². The van der Waals surface area contributed by atoms with Gasteiger partial charge in [-0.05, 0) is 35.2 Å². The van der Waals surface area contributed by atoms with Gasteiger partial charge in [0, 0.05) is 42.2 Å². The van der Waals surface area contributed by atoms with Gasteiger partial charge in [0.25, 0.3) is 5.91 Å². The van der Waals surface area contributed by atoms with Gasteiger partial charge in [-0.25, -0.2) is 4.79 Å². The van der Waals surface area contributed by atoms with Gasteiger partial charge >= 0.3 is 6.03 Å². The number of anilines is 1. The summed E-state index contributed by atoms with van der Waals surface area (Å²) < 4.78 is 0. The Hall–Kier alpha value is -2.86. The fourth-order valence-corrected chi connectivity index (χ4v) is 4.07. The number of hydrogen-bond donors (Lipinski definition) is 2. The van der Waals surface area contributed by atoms with Crippen LogP contribution in [0.5, 0.6) is 0 Å². The third-order valence-corrected chi connectivity index (χ3v) is 6.14. The number of likely N-dealkylation sites (tertiary alicyclic amines) is 1. The van der Waals surface area contributed by atoms with Crippen molar-refractivity contribution in [2.24, 2.45) is 4.99 Å². The molecule has 2 aromatic carbocycles. The number of rotatable bonds is 2. The number of halogens is 1. The number of amides is 3. The van der Waals surface area contributed by atoms with Gasteiger partial charge in [-0.1, -0.05) is 56.6 Å². The van der Waals surface area contributed by atoms with Crippen LogP contribution in [-0.2, 0) is 10.2 Å². The summed E-state index contributed by atoms with van der Waals surface area (Å²) in [5, 5.41) is 6.57. The normalized spacial score (nSPS) is 18.0. The average molecular weight is 439 g/mol. The standard InChI is InChI=1S/C24H27ClN4O2/c1-23(2,3)17-6-4-16(5-7-17)20-21(30)28-24(27-20)12-14-29(15-13-24)22(31)26-19-10-8-18(25)9-11-19/h4-11H,12-15H2,1-3H3,(H,26,31)(H,28,30). The Bertz CT molecular complexity index is 1020. The highest BCUT2D eigenvalue weighted by Gasteiger charge is 2.42. The van der Waals surface area contributed by atoms with Gasteiger partial charge in [-0.2, -0.15) is 0 Å². The molecule has 6 nitrogen and oxygen atoms in total. The minimum Gasteiger partial charge on any atom is -0.326 e. The van der Waals surface area contributed by atoms with Crippen LogP contribution in [0.15, 0.2) is 53.5 Å². The van der Waals surface area contributed by atoms with E-state index >= 15 is 0 Å². The molecule has 7 heteroatoms. The zero-order valence-electron chi connectivity index (χ0n) is 18.0. The zero-order chi connectivity index (χ0) is 22.2. The molecule has 4 rings (SSSR count). The van der Waals surface area contributed by atoms with Crippen molar-refractivity contribution in [3.05, 3.63) is 64.7 Å². The summed E-state index contributed by atoms with van der Waals surface area (Å²) in [5.41, 5.74) is 2.63. The molecule has 0 bridgehead atoms. The van der Waals surface area contributed by atoms with Gasteiger partial charge in [0.1, 0.15) is 11.4 Å². The first-order valence-electron chi connectivity index (χ1n) is 10.5. The Morgan fingerprint density at radius 2 is 1.68 bits per heavy atom. The van der Waals surface area contributed by atoms with Crippen molar-refractivity contribution in [2.45, 2.75) is 44.7 Å². The fraction of sp³-hybridized carbons (Fsp3) is 0.375. The molecular weight excluding hydrogens is 412 g/mol. The highest BCUT2D eigenvalue weighted by Crippen LogP contribution is 2.30. The third-order valence-electron chi connectivity index (χ3n) is 5.88. The number of piperidine rings is 1. The molecule has 0 aliphatic carbocycles. The lowest BCUT2D eigenvalue weighted by molar-refractivity contribution is -0.115. The molecule has 2 aromatic rings. The van der Waals surface area contributed by atoms with Gasteiger partial charge in [-0.15, -0.1) is 0 Å². The predicted molar refractivity (Wildman–Crippen MR) is 124 cm³/mol. The average Bonchev–Trinajstić information content (AvgIpc) is 3.05. The number of nitrogens with zero attached hydrogens (tertiary/aromatic N) is 2. The molecule has 31 heavy (non-hydrogen) atoms. The van der Waals surface area contributed by atoms with Gasteiger partial charge in [0.05, 0.1) is 0 Å². The monoisotopic (exact) mass is 438 g/mol. The number of carbonyl (C=O) groups excluding carboxylic acids is 2. The van der Waals surface area contributed by atoms with Gasteiger partial charge < -0.3 is 15.5 Å². The molecular formula is C24H27ClN4O2. The van der Waals surface area contributed by atoms with Crippen molar-refractivity contribution < 1.29 is 9.59 Å². The van der Waals surface area contributed by atoms with E-state index in [0.29, 0.717) is 42.4 Å². The van der Waals surface area contributed by atoms with Gasteiger partial charge in [-0.3, -0.25) is 9.79 Å². The summed E-state index contributed by atoms with van der Waals surface area (Å²) in [4.78, 5) is 31.8. The summed E-state index contributed by atoms with van der Waals surface area (Å²) >= 11 is 5.89. The van der Waals surface area contributed by atoms with E-state index in [1.54, 1.807) is 29.2 Å². The van der Waals surface area contributed by atoms with Crippen molar-refractivity contribution in [2.75, 3.05) is 18.4 Å². The maximum absolute atomic E-state index is 12.7. The van der Waals surface area contributed by atoms with Crippen LogP contribution in [-0.4, -0.2) is 41.3 Å². The first-order valence-corrected chi connectivity index (χ1v) is 10.9. The van der Waals surface area contributed by atoms with Crippen LogP contribution in [0.25, 0.3) is 0 Å². The fourth-order valence-electron chi connectivity index (χ4n) is 3.94. The molecule has 1 fully saturated rings. The number of hydrogen-bond acceptors (Lipinski definition) is 3. The molecule has 0 radical (unpaired) electrons. The van der Waals surface area contributed by atoms with Crippen LogP contribution in [0.1, 0.15) is 44.7 Å². The second-order valence-corrected chi connectivity index (χ2v) is 9.63. The van der Waals surface area contributed by atoms with Crippen molar-refractivity contribution in [1.82, 2.24) is 10.2 Å². The molecule has 3 amide bonds. The van der Waals surface area contributed by atoms with Crippen LogP contribution in [0.4, 0.5) is 10.5 Å². The minimum absolute atomic E-state index is 0.0545. The van der Waals surface area contributed by atoms with Gasteiger partial charge in [0.2, 0.25) is 0 Å². The molecule has 2 heterocycles. The maximum Gasteiger partial charge on any atom is 0.321 e.